The zero-order chi connectivity index (χ0) is 16.1. The van der Waals surface area contributed by atoms with Crippen LogP contribution in [0.25, 0.3) is 0 Å². The molecule has 0 aliphatic carbocycles. The van der Waals surface area contributed by atoms with E-state index in [9.17, 15) is 19.3 Å². The van der Waals surface area contributed by atoms with Crippen molar-refractivity contribution >= 4 is 29.0 Å². The molecule has 0 saturated carbocycles. The molecule has 2 aromatic rings. The molecule has 1 amide bonds. The minimum Gasteiger partial charge on any atom is -0.325 e. The van der Waals surface area contributed by atoms with Gasteiger partial charge in [0, 0.05) is 22.7 Å². The van der Waals surface area contributed by atoms with E-state index in [-0.39, 0.29) is 17.4 Å². The SMILES string of the molecule is C[C@H](Sc1ccccc1F)C(=O)Nc1cccc([N+](=O)[O-])c1. The Morgan fingerprint density at radius 3 is 2.68 bits per heavy atom. The number of nitro benzene ring substituents is 1. The third kappa shape index (κ3) is 4.05. The predicted octanol–water partition coefficient (Wildman–Crippen LogP) is 3.85. The molecule has 0 aliphatic rings. The molecular weight excluding hydrogens is 307 g/mol. The smallest absolute Gasteiger partial charge is 0.271 e. The average molecular weight is 320 g/mol. The molecule has 0 saturated heterocycles. The van der Waals surface area contributed by atoms with E-state index in [1.165, 1.54) is 24.3 Å². The van der Waals surface area contributed by atoms with Crippen molar-refractivity contribution in [3.05, 3.63) is 64.5 Å². The molecule has 0 spiro atoms. The average Bonchev–Trinajstić information content (AvgIpc) is 2.49. The van der Waals surface area contributed by atoms with Crippen LogP contribution in [0, 0.1) is 15.9 Å². The largest absolute Gasteiger partial charge is 0.325 e. The lowest BCUT2D eigenvalue weighted by molar-refractivity contribution is -0.384. The number of halogens is 1. The van der Waals surface area contributed by atoms with Gasteiger partial charge in [-0.3, -0.25) is 14.9 Å². The molecule has 1 N–H and O–H groups in total. The molecule has 0 fully saturated rings. The van der Waals surface area contributed by atoms with Gasteiger partial charge in [-0.05, 0) is 25.1 Å². The van der Waals surface area contributed by atoms with Gasteiger partial charge in [0.15, 0.2) is 0 Å². The second kappa shape index (κ2) is 7.04. The van der Waals surface area contributed by atoms with Crippen LogP contribution in [0.1, 0.15) is 6.92 Å². The number of benzene rings is 2. The standard InChI is InChI=1S/C15H13FN2O3S/c1-10(22-14-8-3-2-7-13(14)16)15(19)17-11-5-4-6-12(9-11)18(20)21/h2-10H,1H3,(H,17,19)/t10-/m0/s1. The van der Waals surface area contributed by atoms with E-state index in [1.807, 2.05) is 0 Å². The Labute approximate surface area is 130 Å². The molecule has 7 heteroatoms. The van der Waals surface area contributed by atoms with Crippen molar-refractivity contribution in [2.24, 2.45) is 0 Å². The van der Waals surface area contributed by atoms with Gasteiger partial charge < -0.3 is 5.32 Å². The summed E-state index contributed by atoms with van der Waals surface area (Å²) >= 11 is 1.09. The first kappa shape index (κ1) is 16.0. The summed E-state index contributed by atoms with van der Waals surface area (Å²) in [5, 5.41) is 12.7. The number of nitrogens with zero attached hydrogens (tertiary/aromatic N) is 1. The summed E-state index contributed by atoms with van der Waals surface area (Å²) in [7, 11) is 0. The van der Waals surface area contributed by atoms with Crippen molar-refractivity contribution in [2.45, 2.75) is 17.1 Å². The second-order valence-corrected chi connectivity index (χ2v) is 5.87. The summed E-state index contributed by atoms with van der Waals surface area (Å²) in [4.78, 5) is 22.6. The molecule has 114 valence electrons. The topological polar surface area (TPSA) is 72.2 Å². The van der Waals surface area contributed by atoms with E-state index in [0.29, 0.717) is 10.6 Å². The van der Waals surface area contributed by atoms with Crippen LogP contribution in [0.5, 0.6) is 0 Å². The number of non-ortho nitro benzene ring substituents is 1. The summed E-state index contributed by atoms with van der Waals surface area (Å²) < 4.78 is 13.6. The third-order valence-corrected chi connectivity index (χ3v) is 3.99. The zero-order valence-corrected chi connectivity index (χ0v) is 12.5. The van der Waals surface area contributed by atoms with Crippen LogP contribution in [-0.4, -0.2) is 16.1 Å². The fraction of sp³-hybridized carbons (Fsp3) is 0.133. The quantitative estimate of drug-likeness (QED) is 0.516. The number of carbonyl (C=O) groups is 1. The molecule has 1 atom stereocenters. The molecule has 22 heavy (non-hydrogen) atoms. The lowest BCUT2D eigenvalue weighted by atomic mass is 10.2. The number of rotatable bonds is 5. The van der Waals surface area contributed by atoms with E-state index >= 15 is 0 Å². The zero-order valence-electron chi connectivity index (χ0n) is 11.7. The first-order valence-corrected chi connectivity index (χ1v) is 7.32. The Kier molecular flexibility index (Phi) is 5.11. The van der Waals surface area contributed by atoms with Gasteiger partial charge in [0.25, 0.3) is 5.69 Å². The van der Waals surface area contributed by atoms with Crippen molar-refractivity contribution in [3.63, 3.8) is 0 Å². The van der Waals surface area contributed by atoms with Gasteiger partial charge >= 0.3 is 0 Å². The van der Waals surface area contributed by atoms with Crippen LogP contribution in [0.2, 0.25) is 0 Å². The Morgan fingerprint density at radius 1 is 1.27 bits per heavy atom. The third-order valence-electron chi connectivity index (χ3n) is 2.83. The summed E-state index contributed by atoms with van der Waals surface area (Å²) in [5.41, 5.74) is 0.229. The molecule has 0 heterocycles. The number of hydrogen-bond donors (Lipinski definition) is 1. The summed E-state index contributed by atoms with van der Waals surface area (Å²) in [6.07, 6.45) is 0. The number of carbonyl (C=O) groups excluding carboxylic acids is 1. The van der Waals surface area contributed by atoms with Crippen molar-refractivity contribution in [1.82, 2.24) is 0 Å². The van der Waals surface area contributed by atoms with Crippen molar-refractivity contribution in [3.8, 4) is 0 Å². The molecule has 0 bridgehead atoms. The van der Waals surface area contributed by atoms with Crippen molar-refractivity contribution < 1.29 is 14.1 Å². The normalized spacial score (nSPS) is 11.7. The first-order valence-electron chi connectivity index (χ1n) is 6.44. The maximum Gasteiger partial charge on any atom is 0.271 e. The molecule has 5 nitrogen and oxygen atoms in total. The summed E-state index contributed by atoms with van der Waals surface area (Å²) in [5.74, 6) is -0.740. The minimum absolute atomic E-state index is 0.104. The highest BCUT2D eigenvalue weighted by Gasteiger charge is 2.17. The van der Waals surface area contributed by atoms with Crippen LogP contribution >= 0.6 is 11.8 Å². The van der Waals surface area contributed by atoms with Gasteiger partial charge in [-0.25, -0.2) is 4.39 Å². The summed E-state index contributed by atoms with van der Waals surface area (Å²) in [6, 6.07) is 11.9. The number of hydrogen-bond acceptors (Lipinski definition) is 4. The van der Waals surface area contributed by atoms with E-state index in [0.717, 1.165) is 11.8 Å². The fourth-order valence-electron chi connectivity index (χ4n) is 1.73. The number of anilines is 1. The maximum absolute atomic E-state index is 13.6. The van der Waals surface area contributed by atoms with Gasteiger partial charge in [0.2, 0.25) is 5.91 Å². The number of amides is 1. The highest BCUT2D eigenvalue weighted by Crippen LogP contribution is 2.27. The fourth-order valence-corrected chi connectivity index (χ4v) is 2.61. The van der Waals surface area contributed by atoms with E-state index < -0.39 is 10.2 Å². The van der Waals surface area contributed by atoms with Crippen molar-refractivity contribution in [1.29, 1.82) is 0 Å². The Bertz CT molecular complexity index is 709. The molecule has 2 rings (SSSR count). The molecule has 0 unspecified atom stereocenters. The Hall–Kier alpha value is -2.41. The molecule has 0 aromatic heterocycles. The highest BCUT2D eigenvalue weighted by molar-refractivity contribution is 8.00. The summed E-state index contributed by atoms with van der Waals surface area (Å²) in [6.45, 7) is 1.64. The lowest BCUT2D eigenvalue weighted by Gasteiger charge is -2.12. The number of nitro groups is 1. The number of nitrogens with one attached hydrogen (secondary N) is 1. The van der Waals surface area contributed by atoms with Gasteiger partial charge in [0.05, 0.1) is 10.2 Å². The van der Waals surface area contributed by atoms with Crippen LogP contribution in [0.3, 0.4) is 0 Å². The van der Waals surface area contributed by atoms with E-state index in [4.69, 9.17) is 0 Å². The van der Waals surface area contributed by atoms with E-state index in [2.05, 4.69) is 5.32 Å². The Balaban J connectivity index is 2.04. The monoisotopic (exact) mass is 320 g/mol. The van der Waals surface area contributed by atoms with Crippen LogP contribution in [0.15, 0.2) is 53.4 Å². The van der Waals surface area contributed by atoms with Gasteiger partial charge in [-0.1, -0.05) is 18.2 Å². The number of thioether (sulfide) groups is 1. The van der Waals surface area contributed by atoms with Crippen LogP contribution in [0.4, 0.5) is 15.8 Å². The maximum atomic E-state index is 13.6. The van der Waals surface area contributed by atoms with Gasteiger partial charge in [-0.15, -0.1) is 11.8 Å². The minimum atomic E-state index is -0.545. The van der Waals surface area contributed by atoms with Crippen molar-refractivity contribution in [2.75, 3.05) is 5.32 Å². The van der Waals surface area contributed by atoms with Gasteiger partial charge in [0.1, 0.15) is 5.82 Å². The lowest BCUT2D eigenvalue weighted by Crippen LogP contribution is -2.22. The second-order valence-electron chi connectivity index (χ2n) is 4.49. The van der Waals surface area contributed by atoms with E-state index in [1.54, 1.807) is 31.2 Å². The Morgan fingerprint density at radius 2 is 2.00 bits per heavy atom. The first-order chi connectivity index (χ1) is 10.5. The van der Waals surface area contributed by atoms with Gasteiger partial charge in [-0.2, -0.15) is 0 Å². The van der Waals surface area contributed by atoms with Crippen LogP contribution in [-0.2, 0) is 4.79 Å². The molecule has 2 aromatic carbocycles. The molecular formula is C15H13FN2O3S. The highest BCUT2D eigenvalue weighted by atomic mass is 32.2. The predicted molar refractivity (Wildman–Crippen MR) is 83.4 cm³/mol. The molecule has 0 radical (unpaired) electrons. The molecule has 0 aliphatic heterocycles. The van der Waals surface area contributed by atoms with Crippen LogP contribution < -0.4 is 5.32 Å².